The van der Waals surface area contributed by atoms with Crippen LogP contribution in [0.1, 0.15) is 97.3 Å². The number of ether oxygens (including phenoxy) is 1. The second kappa shape index (κ2) is 14.4. The Balaban J connectivity index is 1.20. The van der Waals surface area contributed by atoms with E-state index in [1.54, 1.807) is 4.90 Å². The number of anilines is 3. The van der Waals surface area contributed by atoms with E-state index in [2.05, 4.69) is 28.2 Å². The van der Waals surface area contributed by atoms with Gasteiger partial charge in [-0.1, -0.05) is 73.9 Å². The minimum absolute atomic E-state index is 0.122. The van der Waals surface area contributed by atoms with E-state index in [-0.39, 0.29) is 22.9 Å². The van der Waals surface area contributed by atoms with Crippen molar-refractivity contribution < 1.29 is 19.1 Å². The maximum absolute atomic E-state index is 13.9. The lowest BCUT2D eigenvalue weighted by Gasteiger charge is -2.36. The van der Waals surface area contributed by atoms with Crippen molar-refractivity contribution >= 4 is 56.0 Å². The molecule has 0 saturated heterocycles. The summed E-state index contributed by atoms with van der Waals surface area (Å²) in [5.41, 5.74) is 5.70. The quantitative estimate of drug-likeness (QED) is 0.167. The molecular weight excluding hydrogens is 683 g/mol. The zero-order valence-corrected chi connectivity index (χ0v) is 32.2. The van der Waals surface area contributed by atoms with Crippen molar-refractivity contribution in [2.75, 3.05) is 28.7 Å². The molecule has 1 saturated carbocycles. The van der Waals surface area contributed by atoms with Crippen molar-refractivity contribution in [2.45, 2.75) is 85.3 Å². The van der Waals surface area contributed by atoms with E-state index in [9.17, 15) is 14.4 Å². The summed E-state index contributed by atoms with van der Waals surface area (Å²) >= 11 is 1.45. The van der Waals surface area contributed by atoms with Crippen LogP contribution in [0.2, 0.25) is 0 Å². The third-order valence-corrected chi connectivity index (χ3v) is 11.5. The van der Waals surface area contributed by atoms with Gasteiger partial charge in [0.2, 0.25) is 5.91 Å². The first kappa shape index (κ1) is 36.3. The van der Waals surface area contributed by atoms with E-state index in [4.69, 9.17) is 9.72 Å². The summed E-state index contributed by atoms with van der Waals surface area (Å²) in [6.07, 6.45) is 5.78. The molecule has 3 aromatic carbocycles. The van der Waals surface area contributed by atoms with Crippen LogP contribution in [0.4, 0.5) is 16.6 Å². The van der Waals surface area contributed by atoms with Gasteiger partial charge in [0.25, 0.3) is 5.91 Å². The van der Waals surface area contributed by atoms with Crippen molar-refractivity contribution in [3.63, 3.8) is 0 Å². The Bertz CT molecular complexity index is 2180. The number of fused-ring (bicyclic) bond motifs is 2. The SMILES string of the molecule is Cc1c(-c2ccc(N3CCc4cccc(C(=O)Nc5nc6ccccc6s5)c4C3)nc2C(=O)OC(C)(C)C)cccc1N(C)C(=O)C1(C)CCCCC1. The van der Waals surface area contributed by atoms with Crippen LogP contribution in [0.3, 0.4) is 0 Å². The smallest absolute Gasteiger partial charge is 0.358 e. The average molecular weight is 730 g/mol. The fourth-order valence-electron chi connectivity index (χ4n) is 7.74. The van der Waals surface area contributed by atoms with Crippen molar-refractivity contribution in [1.29, 1.82) is 0 Å². The van der Waals surface area contributed by atoms with Crippen LogP contribution >= 0.6 is 11.3 Å². The Morgan fingerprint density at radius 2 is 1.66 bits per heavy atom. The minimum Gasteiger partial charge on any atom is -0.455 e. The van der Waals surface area contributed by atoms with Crippen LogP contribution in [-0.2, 0) is 22.5 Å². The first-order valence-corrected chi connectivity index (χ1v) is 19.3. The Morgan fingerprint density at radius 1 is 0.906 bits per heavy atom. The molecule has 53 heavy (non-hydrogen) atoms. The van der Waals surface area contributed by atoms with E-state index < -0.39 is 11.6 Å². The number of aromatic nitrogens is 2. The van der Waals surface area contributed by atoms with Gasteiger partial charge < -0.3 is 14.5 Å². The van der Waals surface area contributed by atoms with Crippen molar-refractivity contribution in [3.8, 4) is 11.1 Å². The molecule has 5 aromatic rings. The number of thiazole rings is 1. The van der Waals surface area contributed by atoms with Gasteiger partial charge in [-0.05, 0) is 106 Å². The fourth-order valence-corrected chi connectivity index (χ4v) is 8.60. The van der Waals surface area contributed by atoms with E-state index >= 15 is 0 Å². The molecule has 1 fully saturated rings. The monoisotopic (exact) mass is 729 g/mol. The van der Waals surface area contributed by atoms with Crippen LogP contribution in [0.15, 0.2) is 72.8 Å². The van der Waals surface area contributed by atoms with Crippen molar-refractivity contribution in [3.05, 3.63) is 101 Å². The highest BCUT2D eigenvalue weighted by molar-refractivity contribution is 7.22. The number of benzene rings is 3. The Hall–Kier alpha value is -5.09. The van der Waals surface area contributed by atoms with Crippen LogP contribution in [0, 0.1) is 12.3 Å². The minimum atomic E-state index is -0.736. The number of rotatable bonds is 7. The molecule has 274 valence electrons. The highest BCUT2D eigenvalue weighted by atomic mass is 32.1. The van der Waals surface area contributed by atoms with E-state index in [0.29, 0.717) is 41.6 Å². The number of amides is 2. The number of pyridine rings is 1. The Morgan fingerprint density at radius 3 is 2.42 bits per heavy atom. The molecule has 9 nitrogen and oxygen atoms in total. The van der Waals surface area contributed by atoms with Gasteiger partial charge in [0.1, 0.15) is 11.4 Å². The van der Waals surface area contributed by atoms with E-state index in [1.807, 2.05) is 101 Å². The molecular formula is C43H47N5O4S. The normalized spacial score (nSPS) is 15.5. The number of carbonyl (C=O) groups is 3. The summed E-state index contributed by atoms with van der Waals surface area (Å²) < 4.78 is 6.93. The van der Waals surface area contributed by atoms with Gasteiger partial charge >= 0.3 is 5.97 Å². The third-order valence-electron chi connectivity index (χ3n) is 10.6. The highest BCUT2D eigenvalue weighted by Crippen LogP contribution is 2.40. The van der Waals surface area contributed by atoms with Gasteiger partial charge in [-0.15, -0.1) is 0 Å². The molecule has 2 aromatic heterocycles. The molecule has 3 heterocycles. The molecule has 0 spiro atoms. The van der Waals surface area contributed by atoms with Crippen LogP contribution in [0.5, 0.6) is 0 Å². The van der Waals surface area contributed by atoms with Crippen LogP contribution in [0.25, 0.3) is 21.3 Å². The molecule has 2 aliphatic rings. The van der Waals surface area contributed by atoms with Gasteiger partial charge in [0, 0.05) is 42.4 Å². The fraction of sp³-hybridized carbons (Fsp3) is 0.372. The molecule has 1 N–H and O–H groups in total. The highest BCUT2D eigenvalue weighted by Gasteiger charge is 2.37. The lowest BCUT2D eigenvalue weighted by Crippen LogP contribution is -2.41. The molecule has 0 radical (unpaired) electrons. The lowest BCUT2D eigenvalue weighted by atomic mass is 9.74. The van der Waals surface area contributed by atoms with Gasteiger partial charge in [0.05, 0.1) is 10.2 Å². The van der Waals surface area contributed by atoms with Crippen LogP contribution in [-0.4, -0.2) is 46.9 Å². The zero-order chi connectivity index (χ0) is 37.5. The number of para-hydroxylation sites is 1. The number of hydrogen-bond donors (Lipinski definition) is 1. The summed E-state index contributed by atoms with van der Waals surface area (Å²) in [5.74, 6) is 0.00757. The van der Waals surface area contributed by atoms with Gasteiger partial charge in [-0.25, -0.2) is 14.8 Å². The molecule has 7 rings (SSSR count). The summed E-state index contributed by atoms with van der Waals surface area (Å²) in [7, 11) is 1.85. The zero-order valence-electron chi connectivity index (χ0n) is 31.4. The van der Waals surface area contributed by atoms with Crippen LogP contribution < -0.4 is 15.1 Å². The lowest BCUT2D eigenvalue weighted by molar-refractivity contribution is -0.128. The van der Waals surface area contributed by atoms with Crippen molar-refractivity contribution in [2.24, 2.45) is 5.41 Å². The molecule has 10 heteroatoms. The average Bonchev–Trinajstić information content (AvgIpc) is 3.55. The first-order valence-electron chi connectivity index (χ1n) is 18.5. The molecule has 0 unspecified atom stereocenters. The number of esters is 1. The van der Waals surface area contributed by atoms with E-state index in [0.717, 1.165) is 63.8 Å². The predicted octanol–water partition coefficient (Wildman–Crippen LogP) is 9.37. The predicted molar refractivity (Wildman–Crippen MR) is 213 cm³/mol. The second-order valence-corrected chi connectivity index (χ2v) is 16.6. The first-order chi connectivity index (χ1) is 25.3. The summed E-state index contributed by atoms with van der Waals surface area (Å²) in [6.45, 7) is 10.7. The summed E-state index contributed by atoms with van der Waals surface area (Å²) in [4.78, 5) is 54.9. The maximum Gasteiger partial charge on any atom is 0.358 e. The van der Waals surface area contributed by atoms with Crippen molar-refractivity contribution in [1.82, 2.24) is 9.97 Å². The largest absolute Gasteiger partial charge is 0.455 e. The number of carbonyl (C=O) groups excluding carboxylic acids is 3. The maximum atomic E-state index is 13.9. The number of nitrogens with one attached hydrogen (secondary N) is 1. The summed E-state index contributed by atoms with van der Waals surface area (Å²) in [5, 5.41) is 3.57. The number of hydrogen-bond acceptors (Lipinski definition) is 8. The molecule has 0 atom stereocenters. The second-order valence-electron chi connectivity index (χ2n) is 15.6. The standard InChI is InChI=1S/C43H47N5O4S/c1-27-29(15-13-18-34(27)47(6)40(51)43(5)23-10-7-11-24-43)30-20-21-36(45-37(30)39(50)52-42(2,3)4)48-25-22-28-14-12-16-31(32(28)26-48)38(49)46-41-44-33-17-8-9-19-35(33)53-41/h8-9,12-21H,7,10-11,22-26H2,1-6H3,(H,44,46,49). The van der Waals surface area contributed by atoms with Gasteiger partial charge in [-0.2, -0.15) is 0 Å². The molecule has 0 bridgehead atoms. The molecule has 1 aliphatic heterocycles. The Labute approximate surface area is 315 Å². The topological polar surface area (TPSA) is 105 Å². The Kier molecular flexibility index (Phi) is 9.84. The molecule has 1 aliphatic carbocycles. The molecule has 2 amide bonds. The van der Waals surface area contributed by atoms with Gasteiger partial charge in [0.15, 0.2) is 10.8 Å². The van der Waals surface area contributed by atoms with E-state index in [1.165, 1.54) is 17.8 Å². The summed E-state index contributed by atoms with van der Waals surface area (Å²) in [6, 6.07) is 23.4. The third kappa shape index (κ3) is 7.42. The van der Waals surface area contributed by atoms with Gasteiger partial charge in [-0.3, -0.25) is 14.9 Å². The number of nitrogens with zero attached hydrogens (tertiary/aromatic N) is 4.